The molecule has 0 aromatic heterocycles. The van der Waals surface area contributed by atoms with Crippen LogP contribution in [0.25, 0.3) is 0 Å². The lowest BCUT2D eigenvalue weighted by atomic mass is 9.76. The van der Waals surface area contributed by atoms with Crippen LogP contribution in [0.5, 0.6) is 0 Å². The topological polar surface area (TPSA) is 32.3 Å². The molecule has 1 heterocycles. The van der Waals surface area contributed by atoms with Crippen molar-refractivity contribution in [3.8, 4) is 0 Å². The fourth-order valence-electron chi connectivity index (χ4n) is 2.45. The zero-order valence-corrected chi connectivity index (χ0v) is 11.3. The summed E-state index contributed by atoms with van der Waals surface area (Å²) in [5, 5.41) is 12.9. The third-order valence-corrected chi connectivity index (χ3v) is 4.07. The van der Waals surface area contributed by atoms with Gasteiger partial charge in [0.25, 0.3) is 0 Å². The smallest absolute Gasteiger partial charge is 0.137 e. The van der Waals surface area contributed by atoms with E-state index in [0.717, 1.165) is 37.9 Å². The predicted octanol–water partition coefficient (Wildman–Crippen LogP) is 2.49. The lowest BCUT2D eigenvalue weighted by molar-refractivity contribution is 0.0947. The van der Waals surface area contributed by atoms with Crippen LogP contribution in [0.3, 0.4) is 0 Å². The molecule has 17 heavy (non-hydrogen) atoms. The van der Waals surface area contributed by atoms with Crippen molar-refractivity contribution < 1.29 is 9.50 Å². The molecule has 4 heteroatoms. The van der Waals surface area contributed by atoms with Gasteiger partial charge in [0.1, 0.15) is 5.82 Å². The Hall–Kier alpha value is -0.450. The second-order valence-corrected chi connectivity index (χ2v) is 5.72. The fourth-order valence-corrected chi connectivity index (χ4v) is 2.88. The van der Waals surface area contributed by atoms with Crippen LogP contribution < -0.4 is 5.32 Å². The highest BCUT2D eigenvalue weighted by Crippen LogP contribution is 2.31. The van der Waals surface area contributed by atoms with Crippen LogP contribution in [0.2, 0.25) is 0 Å². The van der Waals surface area contributed by atoms with Gasteiger partial charge in [0.05, 0.1) is 11.1 Å². The van der Waals surface area contributed by atoms with Crippen LogP contribution >= 0.6 is 15.9 Å². The molecule has 1 aliphatic heterocycles. The maximum atomic E-state index is 13.1. The SMILES string of the molecule is OCC1(Cc2ccc(F)c(Br)c2)CCCNC1. The van der Waals surface area contributed by atoms with Crippen molar-refractivity contribution in [2.45, 2.75) is 19.3 Å². The summed E-state index contributed by atoms with van der Waals surface area (Å²) in [5.74, 6) is -0.242. The summed E-state index contributed by atoms with van der Waals surface area (Å²) in [7, 11) is 0. The molecule has 2 N–H and O–H groups in total. The molecule has 1 unspecified atom stereocenters. The van der Waals surface area contributed by atoms with Gasteiger partial charge in [-0.1, -0.05) is 6.07 Å². The Kier molecular flexibility index (Phi) is 4.17. The molecule has 2 nitrogen and oxygen atoms in total. The van der Waals surface area contributed by atoms with E-state index in [1.54, 1.807) is 12.1 Å². The molecule has 0 radical (unpaired) electrons. The van der Waals surface area contributed by atoms with Crippen molar-refractivity contribution in [3.05, 3.63) is 34.1 Å². The second kappa shape index (κ2) is 5.46. The van der Waals surface area contributed by atoms with E-state index in [1.165, 1.54) is 6.07 Å². The number of rotatable bonds is 3. The summed E-state index contributed by atoms with van der Waals surface area (Å²) >= 11 is 3.20. The quantitative estimate of drug-likeness (QED) is 0.899. The number of nitrogens with one attached hydrogen (secondary N) is 1. The number of halogens is 2. The average molecular weight is 302 g/mol. The van der Waals surface area contributed by atoms with Crippen molar-refractivity contribution in [3.63, 3.8) is 0 Å². The first kappa shape index (κ1) is 13.0. The molecule has 1 atom stereocenters. The Bertz CT molecular complexity index is 391. The summed E-state index contributed by atoms with van der Waals surface area (Å²) in [6.45, 7) is 2.03. The maximum absolute atomic E-state index is 13.1. The standard InChI is InChI=1S/C13H17BrFNO/c14-11-6-10(2-3-12(11)15)7-13(9-17)4-1-5-16-8-13/h2-3,6,16-17H,1,4-5,7-9H2. The van der Waals surface area contributed by atoms with Crippen LogP contribution in [0.15, 0.2) is 22.7 Å². The van der Waals surface area contributed by atoms with Gasteiger partial charge in [-0.3, -0.25) is 0 Å². The maximum Gasteiger partial charge on any atom is 0.137 e. The molecular formula is C13H17BrFNO. The minimum atomic E-state index is -0.242. The highest BCUT2D eigenvalue weighted by Gasteiger charge is 2.31. The lowest BCUT2D eigenvalue weighted by Crippen LogP contribution is -2.44. The van der Waals surface area contributed by atoms with Crippen LogP contribution in [-0.2, 0) is 6.42 Å². The Labute approximate surface area is 109 Å². The largest absolute Gasteiger partial charge is 0.396 e. The molecule has 0 spiro atoms. The minimum Gasteiger partial charge on any atom is -0.396 e. The molecule has 0 aliphatic carbocycles. The Morgan fingerprint density at radius 2 is 2.29 bits per heavy atom. The van der Waals surface area contributed by atoms with Gasteiger partial charge < -0.3 is 10.4 Å². The van der Waals surface area contributed by atoms with Crippen molar-refractivity contribution >= 4 is 15.9 Å². The third kappa shape index (κ3) is 3.06. The van der Waals surface area contributed by atoms with Crippen LogP contribution in [-0.4, -0.2) is 24.8 Å². The number of aliphatic hydroxyl groups is 1. The van der Waals surface area contributed by atoms with Gasteiger partial charge in [-0.15, -0.1) is 0 Å². The first-order valence-corrected chi connectivity index (χ1v) is 6.70. The van der Waals surface area contributed by atoms with Crippen molar-refractivity contribution in [1.29, 1.82) is 0 Å². The molecule has 0 saturated carbocycles. The van der Waals surface area contributed by atoms with Gasteiger partial charge in [0.2, 0.25) is 0 Å². The second-order valence-electron chi connectivity index (χ2n) is 4.86. The summed E-state index contributed by atoms with van der Waals surface area (Å²) in [6, 6.07) is 5.08. The number of benzene rings is 1. The predicted molar refractivity (Wildman–Crippen MR) is 69.4 cm³/mol. The van der Waals surface area contributed by atoms with Gasteiger partial charge in [0.15, 0.2) is 0 Å². The average Bonchev–Trinajstić information content (AvgIpc) is 2.35. The van der Waals surface area contributed by atoms with E-state index in [0.29, 0.717) is 4.47 Å². The normalized spacial score (nSPS) is 24.9. The molecule has 1 aromatic rings. The lowest BCUT2D eigenvalue weighted by Gasteiger charge is -2.36. The number of piperidine rings is 1. The molecule has 0 bridgehead atoms. The van der Waals surface area contributed by atoms with E-state index in [2.05, 4.69) is 21.2 Å². The zero-order chi connectivity index (χ0) is 12.3. The molecule has 1 saturated heterocycles. The summed E-state index contributed by atoms with van der Waals surface area (Å²) < 4.78 is 13.6. The van der Waals surface area contributed by atoms with E-state index in [-0.39, 0.29) is 17.8 Å². The van der Waals surface area contributed by atoms with Crippen molar-refractivity contribution in [2.24, 2.45) is 5.41 Å². The Balaban J connectivity index is 2.14. The molecule has 2 rings (SSSR count). The first-order chi connectivity index (χ1) is 8.15. The van der Waals surface area contributed by atoms with E-state index >= 15 is 0 Å². The van der Waals surface area contributed by atoms with Crippen molar-refractivity contribution in [2.75, 3.05) is 19.7 Å². The third-order valence-electron chi connectivity index (χ3n) is 3.46. The summed E-state index contributed by atoms with van der Waals surface area (Å²) in [6.07, 6.45) is 2.89. The van der Waals surface area contributed by atoms with Gasteiger partial charge in [-0.05, 0) is 59.4 Å². The molecule has 1 aliphatic rings. The highest BCUT2D eigenvalue weighted by molar-refractivity contribution is 9.10. The van der Waals surface area contributed by atoms with Gasteiger partial charge in [-0.2, -0.15) is 0 Å². The summed E-state index contributed by atoms with van der Waals surface area (Å²) in [4.78, 5) is 0. The molecule has 0 amide bonds. The summed E-state index contributed by atoms with van der Waals surface area (Å²) in [5.41, 5.74) is 0.978. The van der Waals surface area contributed by atoms with Crippen LogP contribution in [0.1, 0.15) is 18.4 Å². The molecule has 94 valence electrons. The number of hydrogen-bond acceptors (Lipinski definition) is 2. The highest BCUT2D eigenvalue weighted by atomic mass is 79.9. The van der Waals surface area contributed by atoms with Gasteiger partial charge >= 0.3 is 0 Å². The van der Waals surface area contributed by atoms with Gasteiger partial charge in [0, 0.05) is 12.0 Å². The molecular weight excluding hydrogens is 285 g/mol. The van der Waals surface area contributed by atoms with E-state index in [9.17, 15) is 9.50 Å². The Morgan fingerprint density at radius 3 is 2.88 bits per heavy atom. The number of aliphatic hydroxyl groups excluding tert-OH is 1. The van der Waals surface area contributed by atoms with E-state index in [1.807, 2.05) is 0 Å². The minimum absolute atomic E-state index is 0.0878. The van der Waals surface area contributed by atoms with E-state index < -0.39 is 0 Å². The van der Waals surface area contributed by atoms with E-state index in [4.69, 9.17) is 0 Å². The zero-order valence-electron chi connectivity index (χ0n) is 9.68. The van der Waals surface area contributed by atoms with Crippen LogP contribution in [0, 0.1) is 11.2 Å². The fraction of sp³-hybridized carbons (Fsp3) is 0.538. The Morgan fingerprint density at radius 1 is 1.47 bits per heavy atom. The van der Waals surface area contributed by atoms with Crippen molar-refractivity contribution in [1.82, 2.24) is 5.32 Å². The molecule has 1 fully saturated rings. The first-order valence-electron chi connectivity index (χ1n) is 5.91. The molecule has 1 aromatic carbocycles. The monoisotopic (exact) mass is 301 g/mol. The number of hydrogen-bond donors (Lipinski definition) is 2. The van der Waals surface area contributed by atoms with Gasteiger partial charge in [-0.25, -0.2) is 4.39 Å². The van der Waals surface area contributed by atoms with Crippen LogP contribution in [0.4, 0.5) is 4.39 Å².